The van der Waals surface area contributed by atoms with Crippen LogP contribution in [0.25, 0.3) is 0 Å². The van der Waals surface area contributed by atoms with Gasteiger partial charge in [0.25, 0.3) is 10.1 Å². The molecule has 0 aliphatic carbocycles. The summed E-state index contributed by atoms with van der Waals surface area (Å²) in [5, 5.41) is 0.255. The highest BCUT2D eigenvalue weighted by Crippen LogP contribution is 2.15. The normalized spacial score (nSPS) is 11.6. The van der Waals surface area contributed by atoms with Crippen molar-refractivity contribution in [2.24, 2.45) is 0 Å². The molecule has 1 aromatic rings. The molecule has 0 unspecified atom stereocenters. The fourth-order valence-electron chi connectivity index (χ4n) is 0.809. The van der Waals surface area contributed by atoms with Gasteiger partial charge in [0.2, 0.25) is 0 Å². The van der Waals surface area contributed by atoms with E-state index in [0.717, 1.165) is 12.3 Å². The molecule has 6 heteroatoms. The van der Waals surface area contributed by atoms with Crippen molar-refractivity contribution in [3.05, 3.63) is 34.6 Å². The summed E-state index contributed by atoms with van der Waals surface area (Å²) >= 11 is 5.51. The van der Waals surface area contributed by atoms with E-state index < -0.39 is 15.9 Å². The Hall–Kier alpha value is -0.650. The highest BCUT2D eigenvalue weighted by molar-refractivity contribution is 7.85. The summed E-state index contributed by atoms with van der Waals surface area (Å²) in [6, 6.07) is 3.94. The Kier molecular flexibility index (Phi) is 3.47. The number of benzene rings is 1. The first-order valence-electron chi connectivity index (χ1n) is 3.67. The van der Waals surface area contributed by atoms with Crippen LogP contribution in [0.3, 0.4) is 0 Å². The van der Waals surface area contributed by atoms with Crippen LogP contribution in [0.4, 0.5) is 4.39 Å². The summed E-state index contributed by atoms with van der Waals surface area (Å²) in [5.74, 6) is -0.582. The van der Waals surface area contributed by atoms with Crippen molar-refractivity contribution >= 4 is 21.7 Å². The molecular formula is C8H8ClFO3S. The summed E-state index contributed by atoms with van der Waals surface area (Å²) in [6.45, 7) is -0.318. The second-order valence-electron chi connectivity index (χ2n) is 2.70. The van der Waals surface area contributed by atoms with Gasteiger partial charge >= 0.3 is 0 Å². The van der Waals surface area contributed by atoms with E-state index in [1.165, 1.54) is 12.1 Å². The number of hydrogen-bond donors (Lipinski definition) is 0. The highest BCUT2D eigenvalue weighted by Gasteiger charge is 2.07. The van der Waals surface area contributed by atoms with Crippen LogP contribution in [0, 0.1) is 5.82 Å². The molecule has 0 spiro atoms. The van der Waals surface area contributed by atoms with Crippen LogP contribution < -0.4 is 0 Å². The average Bonchev–Trinajstić information content (AvgIpc) is 2.00. The van der Waals surface area contributed by atoms with Gasteiger partial charge in [-0.2, -0.15) is 8.42 Å². The molecule has 0 heterocycles. The van der Waals surface area contributed by atoms with Gasteiger partial charge in [-0.25, -0.2) is 4.39 Å². The van der Waals surface area contributed by atoms with Gasteiger partial charge in [0, 0.05) is 10.6 Å². The second-order valence-corrected chi connectivity index (χ2v) is 4.78. The lowest BCUT2D eigenvalue weighted by Gasteiger charge is -2.03. The van der Waals surface area contributed by atoms with E-state index in [1.54, 1.807) is 0 Å². The first-order valence-corrected chi connectivity index (χ1v) is 5.86. The summed E-state index contributed by atoms with van der Waals surface area (Å²) < 4.78 is 38.7. The zero-order valence-electron chi connectivity index (χ0n) is 7.33. The van der Waals surface area contributed by atoms with Gasteiger partial charge in [-0.05, 0) is 12.1 Å². The molecular weight excluding hydrogens is 231 g/mol. The zero-order chi connectivity index (χ0) is 10.8. The van der Waals surface area contributed by atoms with Crippen LogP contribution in [-0.2, 0) is 20.9 Å². The van der Waals surface area contributed by atoms with Crippen molar-refractivity contribution in [2.75, 3.05) is 6.26 Å². The standard InChI is InChI=1S/C8H8ClFO3S/c1-14(11,12)13-5-6-2-3-7(9)4-8(6)10/h2-4H,5H2,1H3. The molecule has 0 atom stereocenters. The molecule has 78 valence electrons. The monoisotopic (exact) mass is 238 g/mol. The van der Waals surface area contributed by atoms with Crippen LogP contribution in [0.2, 0.25) is 5.02 Å². The molecule has 0 N–H and O–H groups in total. The molecule has 1 aromatic carbocycles. The van der Waals surface area contributed by atoms with Crippen molar-refractivity contribution in [3.8, 4) is 0 Å². The largest absolute Gasteiger partial charge is 0.265 e. The van der Waals surface area contributed by atoms with Gasteiger partial charge in [-0.3, -0.25) is 4.18 Å². The molecule has 0 bridgehead atoms. The molecule has 0 aliphatic rings. The third-order valence-corrected chi connectivity index (χ3v) is 2.22. The van der Waals surface area contributed by atoms with E-state index >= 15 is 0 Å². The Morgan fingerprint density at radius 3 is 2.64 bits per heavy atom. The Balaban J connectivity index is 2.78. The van der Waals surface area contributed by atoms with Crippen molar-refractivity contribution < 1.29 is 17.0 Å². The summed E-state index contributed by atoms with van der Waals surface area (Å²) in [4.78, 5) is 0. The first-order chi connectivity index (χ1) is 6.38. The number of hydrogen-bond acceptors (Lipinski definition) is 3. The minimum Gasteiger partial charge on any atom is -0.265 e. The van der Waals surface area contributed by atoms with E-state index in [0.29, 0.717) is 0 Å². The fourth-order valence-corrected chi connectivity index (χ4v) is 1.31. The quantitative estimate of drug-likeness (QED) is 0.756. The van der Waals surface area contributed by atoms with Crippen molar-refractivity contribution in [2.45, 2.75) is 6.61 Å². The van der Waals surface area contributed by atoms with Crippen LogP contribution in [-0.4, -0.2) is 14.7 Å². The Labute approximate surface area is 86.6 Å². The lowest BCUT2D eigenvalue weighted by molar-refractivity contribution is 0.306. The van der Waals surface area contributed by atoms with Crippen molar-refractivity contribution in [3.63, 3.8) is 0 Å². The zero-order valence-corrected chi connectivity index (χ0v) is 8.90. The van der Waals surface area contributed by atoms with E-state index in [1.807, 2.05) is 0 Å². The molecule has 0 aromatic heterocycles. The smallest absolute Gasteiger partial charge is 0.264 e. The van der Waals surface area contributed by atoms with Gasteiger partial charge in [-0.15, -0.1) is 0 Å². The first kappa shape index (κ1) is 11.4. The SMILES string of the molecule is CS(=O)(=O)OCc1ccc(Cl)cc1F. The molecule has 0 saturated carbocycles. The van der Waals surface area contributed by atoms with Gasteiger partial charge in [0.05, 0.1) is 12.9 Å². The van der Waals surface area contributed by atoms with E-state index in [4.69, 9.17) is 11.6 Å². The Morgan fingerprint density at radius 1 is 1.50 bits per heavy atom. The lowest BCUT2D eigenvalue weighted by Crippen LogP contribution is -2.03. The topological polar surface area (TPSA) is 43.4 Å². The highest BCUT2D eigenvalue weighted by atomic mass is 35.5. The van der Waals surface area contributed by atoms with Gasteiger partial charge in [-0.1, -0.05) is 17.7 Å². The lowest BCUT2D eigenvalue weighted by atomic mass is 10.2. The molecule has 0 aliphatic heterocycles. The van der Waals surface area contributed by atoms with Crippen molar-refractivity contribution in [1.29, 1.82) is 0 Å². The molecule has 0 radical (unpaired) electrons. The molecule has 1 rings (SSSR count). The van der Waals surface area contributed by atoms with E-state index in [-0.39, 0.29) is 17.2 Å². The maximum Gasteiger partial charge on any atom is 0.264 e. The molecule has 3 nitrogen and oxygen atoms in total. The fraction of sp³-hybridized carbons (Fsp3) is 0.250. The minimum absolute atomic E-state index is 0.153. The van der Waals surface area contributed by atoms with Crippen LogP contribution in [0.15, 0.2) is 18.2 Å². The predicted octanol–water partition coefficient (Wildman–Crippen LogP) is 1.96. The minimum atomic E-state index is -3.55. The molecule has 14 heavy (non-hydrogen) atoms. The molecule has 0 saturated heterocycles. The third-order valence-electron chi connectivity index (χ3n) is 1.44. The maximum absolute atomic E-state index is 13.1. The van der Waals surface area contributed by atoms with Crippen LogP contribution in [0.5, 0.6) is 0 Å². The Bertz CT molecular complexity index is 430. The van der Waals surface area contributed by atoms with Gasteiger partial charge in [0.15, 0.2) is 0 Å². The number of rotatable bonds is 3. The third kappa shape index (κ3) is 3.61. The number of halogens is 2. The van der Waals surface area contributed by atoms with Gasteiger partial charge < -0.3 is 0 Å². The average molecular weight is 239 g/mol. The summed E-state index contributed by atoms with van der Waals surface area (Å²) in [7, 11) is -3.55. The maximum atomic E-state index is 13.1. The van der Waals surface area contributed by atoms with Crippen LogP contribution >= 0.6 is 11.6 Å². The summed E-state index contributed by atoms with van der Waals surface area (Å²) in [6.07, 6.45) is 0.904. The van der Waals surface area contributed by atoms with Gasteiger partial charge in [0.1, 0.15) is 5.82 Å². The Morgan fingerprint density at radius 2 is 2.14 bits per heavy atom. The molecule has 0 amide bonds. The molecule has 0 fully saturated rings. The van der Waals surface area contributed by atoms with Crippen molar-refractivity contribution in [1.82, 2.24) is 0 Å². The summed E-state index contributed by atoms with van der Waals surface area (Å²) in [5.41, 5.74) is 0.153. The predicted molar refractivity (Wildman–Crippen MR) is 51.0 cm³/mol. The van der Waals surface area contributed by atoms with Crippen LogP contribution in [0.1, 0.15) is 5.56 Å². The van der Waals surface area contributed by atoms with E-state index in [2.05, 4.69) is 4.18 Å². The second kappa shape index (κ2) is 4.25. The van der Waals surface area contributed by atoms with E-state index in [9.17, 15) is 12.8 Å².